The molecule has 0 fully saturated rings. The van der Waals surface area contributed by atoms with Gasteiger partial charge in [-0.15, -0.1) is 0 Å². The Bertz CT molecular complexity index is 1560. The van der Waals surface area contributed by atoms with E-state index in [-0.39, 0.29) is 19.4 Å². The Morgan fingerprint density at radius 3 is 2.71 bits per heavy atom. The molecule has 0 aliphatic carbocycles. The second-order valence-electron chi connectivity index (χ2n) is 10.6. The summed E-state index contributed by atoms with van der Waals surface area (Å²) in [6.07, 6.45) is 5.69. The van der Waals surface area contributed by atoms with Gasteiger partial charge >= 0.3 is 0 Å². The molecule has 0 unspecified atom stereocenters. The highest BCUT2D eigenvalue weighted by atomic mass is 19.3. The van der Waals surface area contributed by atoms with Gasteiger partial charge in [0.1, 0.15) is 5.75 Å². The van der Waals surface area contributed by atoms with Crippen molar-refractivity contribution in [2.75, 3.05) is 58.1 Å². The number of halogens is 2. The second-order valence-corrected chi connectivity index (χ2v) is 10.6. The highest BCUT2D eigenvalue weighted by Crippen LogP contribution is 2.41. The minimum Gasteiger partial charge on any atom is -0.494 e. The van der Waals surface area contributed by atoms with Crippen LogP contribution in [0.15, 0.2) is 54.7 Å². The van der Waals surface area contributed by atoms with Gasteiger partial charge in [0.2, 0.25) is 5.95 Å². The lowest BCUT2D eigenvalue weighted by atomic mass is 10.0. The normalized spacial score (nSPS) is 14.5. The van der Waals surface area contributed by atoms with Gasteiger partial charge < -0.3 is 30.2 Å². The molecule has 3 heterocycles. The molecular weight excluding hydrogens is 524 g/mol. The molecule has 216 valence electrons. The largest absolute Gasteiger partial charge is 0.494 e. The van der Waals surface area contributed by atoms with Crippen LogP contribution in [0.4, 0.5) is 26.1 Å². The molecule has 3 N–H and O–H groups in total. The van der Waals surface area contributed by atoms with Gasteiger partial charge in [0.15, 0.2) is 0 Å². The molecular formula is C31H37F2N7O. The Labute approximate surface area is 239 Å². The minimum atomic E-state index is -2.73. The zero-order valence-corrected chi connectivity index (χ0v) is 24.0. The van der Waals surface area contributed by atoms with Crippen LogP contribution in [0.2, 0.25) is 0 Å². The number of alkyl halides is 2. The standard InChI is InChI=1S/C31H37F2N7O/c1-38(2)16-17-39(3)27-19-28(41-4)24(18-21(27)8-7-14-34)37-30-35-15-12-23(36-30)29-22-9-5-6-10-25(22)40-20-31(32,33)13-11-26(29)40/h5-10,12,15,18-19H,11,13-14,16-17,20,34H2,1-4H3,(H,35,36,37). The van der Waals surface area contributed by atoms with E-state index in [0.717, 1.165) is 46.5 Å². The number of hydrogen-bond acceptors (Lipinski definition) is 7. The van der Waals surface area contributed by atoms with E-state index in [0.29, 0.717) is 29.6 Å². The maximum atomic E-state index is 14.4. The van der Waals surface area contributed by atoms with Gasteiger partial charge in [-0.25, -0.2) is 18.7 Å². The van der Waals surface area contributed by atoms with Crippen molar-refractivity contribution in [2.45, 2.75) is 25.3 Å². The summed E-state index contributed by atoms with van der Waals surface area (Å²) in [5.41, 5.74) is 11.7. The summed E-state index contributed by atoms with van der Waals surface area (Å²) >= 11 is 0. The molecule has 0 bridgehead atoms. The van der Waals surface area contributed by atoms with Gasteiger partial charge in [-0.1, -0.05) is 30.4 Å². The van der Waals surface area contributed by atoms with E-state index in [1.165, 1.54) is 0 Å². The molecule has 5 rings (SSSR count). The van der Waals surface area contributed by atoms with Crippen molar-refractivity contribution in [1.29, 1.82) is 0 Å². The van der Waals surface area contributed by atoms with Crippen LogP contribution in [0, 0.1) is 0 Å². The number of nitrogens with zero attached hydrogens (tertiary/aromatic N) is 5. The van der Waals surface area contributed by atoms with E-state index >= 15 is 0 Å². The molecule has 0 radical (unpaired) electrons. The Morgan fingerprint density at radius 2 is 1.95 bits per heavy atom. The van der Waals surface area contributed by atoms with Crippen molar-refractivity contribution in [2.24, 2.45) is 5.73 Å². The van der Waals surface area contributed by atoms with Crippen LogP contribution in [0.25, 0.3) is 28.2 Å². The van der Waals surface area contributed by atoms with Crippen molar-refractivity contribution in [3.8, 4) is 17.0 Å². The Kier molecular flexibility index (Phi) is 8.23. The first kappa shape index (κ1) is 28.5. The molecule has 2 aromatic carbocycles. The van der Waals surface area contributed by atoms with Crippen molar-refractivity contribution < 1.29 is 13.5 Å². The number of aromatic nitrogens is 3. The monoisotopic (exact) mass is 561 g/mol. The Balaban J connectivity index is 1.53. The van der Waals surface area contributed by atoms with Crippen LogP contribution in [0.5, 0.6) is 5.75 Å². The fourth-order valence-corrected chi connectivity index (χ4v) is 5.35. The highest BCUT2D eigenvalue weighted by Gasteiger charge is 2.37. The molecule has 4 aromatic rings. The molecule has 0 saturated carbocycles. The zero-order chi connectivity index (χ0) is 29.1. The van der Waals surface area contributed by atoms with Gasteiger partial charge in [-0.05, 0) is 44.3 Å². The molecule has 0 amide bonds. The number of methoxy groups -OCH3 is 1. The Morgan fingerprint density at radius 1 is 1.15 bits per heavy atom. The smallest absolute Gasteiger partial charge is 0.266 e. The zero-order valence-electron chi connectivity index (χ0n) is 24.0. The van der Waals surface area contributed by atoms with E-state index in [1.807, 2.05) is 68.7 Å². The molecule has 0 spiro atoms. The van der Waals surface area contributed by atoms with Crippen LogP contribution in [-0.4, -0.2) is 73.2 Å². The van der Waals surface area contributed by atoms with Gasteiger partial charge in [-0.2, -0.15) is 0 Å². The number of rotatable bonds is 10. The van der Waals surface area contributed by atoms with E-state index in [2.05, 4.69) is 27.1 Å². The first-order valence-corrected chi connectivity index (χ1v) is 13.7. The summed E-state index contributed by atoms with van der Waals surface area (Å²) in [4.78, 5) is 13.6. The van der Waals surface area contributed by atoms with Crippen LogP contribution >= 0.6 is 0 Å². The molecule has 2 aromatic heterocycles. The summed E-state index contributed by atoms with van der Waals surface area (Å²) in [5.74, 6) is -1.71. The molecule has 1 aliphatic rings. The topological polar surface area (TPSA) is 84.5 Å². The number of likely N-dealkylation sites (N-methyl/N-ethyl adjacent to an activating group) is 2. The average Bonchev–Trinajstić information content (AvgIpc) is 3.27. The van der Waals surface area contributed by atoms with Crippen LogP contribution in [0.3, 0.4) is 0 Å². The van der Waals surface area contributed by atoms with Crippen LogP contribution in [0.1, 0.15) is 17.7 Å². The quantitative estimate of drug-likeness (QED) is 0.268. The number of anilines is 3. The maximum absolute atomic E-state index is 14.4. The van der Waals surface area contributed by atoms with Crippen molar-refractivity contribution >= 4 is 34.3 Å². The summed E-state index contributed by atoms with van der Waals surface area (Å²) < 4.78 is 36.3. The van der Waals surface area contributed by atoms with Gasteiger partial charge in [-0.3, -0.25) is 0 Å². The Hall–Kier alpha value is -4.02. The second kappa shape index (κ2) is 11.8. The fraction of sp³-hybridized carbons (Fsp3) is 0.355. The predicted octanol–water partition coefficient (Wildman–Crippen LogP) is 5.40. The minimum absolute atomic E-state index is 0.182. The van der Waals surface area contributed by atoms with E-state index in [9.17, 15) is 8.78 Å². The first-order chi connectivity index (χ1) is 19.7. The number of nitrogens with one attached hydrogen (secondary N) is 1. The lowest BCUT2D eigenvalue weighted by Crippen LogP contribution is -2.30. The average molecular weight is 562 g/mol. The number of fused-ring (bicyclic) bond motifs is 3. The van der Waals surface area contributed by atoms with Gasteiger partial charge in [0, 0.05) is 73.2 Å². The number of hydrogen-bond donors (Lipinski definition) is 2. The molecule has 41 heavy (non-hydrogen) atoms. The summed E-state index contributed by atoms with van der Waals surface area (Å²) in [7, 11) is 7.78. The first-order valence-electron chi connectivity index (χ1n) is 13.7. The van der Waals surface area contributed by atoms with Crippen molar-refractivity contribution in [1.82, 2.24) is 19.4 Å². The SMILES string of the molecule is COc1cc(N(C)CCN(C)C)c(C=CCN)cc1Nc1nccc(-c2c3n(c4ccccc24)CC(F)(F)CC3)n1. The van der Waals surface area contributed by atoms with E-state index in [1.54, 1.807) is 17.9 Å². The fourth-order valence-electron chi connectivity index (χ4n) is 5.35. The van der Waals surface area contributed by atoms with Crippen LogP contribution < -0.4 is 20.7 Å². The number of benzene rings is 2. The van der Waals surface area contributed by atoms with Gasteiger partial charge in [0.25, 0.3) is 5.92 Å². The summed E-state index contributed by atoms with van der Waals surface area (Å²) in [6.45, 7) is 1.82. The number of ether oxygens (including phenoxy) is 1. The molecule has 1 aliphatic heterocycles. The molecule has 0 atom stereocenters. The lowest BCUT2D eigenvalue weighted by Gasteiger charge is -2.25. The van der Waals surface area contributed by atoms with E-state index in [4.69, 9.17) is 15.5 Å². The van der Waals surface area contributed by atoms with Crippen molar-refractivity contribution in [3.63, 3.8) is 0 Å². The maximum Gasteiger partial charge on any atom is 0.266 e. The van der Waals surface area contributed by atoms with Crippen molar-refractivity contribution in [3.05, 3.63) is 66.0 Å². The highest BCUT2D eigenvalue weighted by molar-refractivity contribution is 5.97. The third-order valence-corrected chi connectivity index (χ3v) is 7.43. The third-order valence-electron chi connectivity index (χ3n) is 7.43. The van der Waals surface area contributed by atoms with Crippen LogP contribution in [-0.2, 0) is 13.0 Å². The molecule has 8 nitrogen and oxygen atoms in total. The van der Waals surface area contributed by atoms with E-state index < -0.39 is 5.92 Å². The molecule has 0 saturated heterocycles. The summed E-state index contributed by atoms with van der Waals surface area (Å²) in [5, 5.41) is 4.24. The van der Waals surface area contributed by atoms with Gasteiger partial charge in [0.05, 0.1) is 25.0 Å². The lowest BCUT2D eigenvalue weighted by molar-refractivity contribution is -0.0328. The predicted molar refractivity (Wildman–Crippen MR) is 162 cm³/mol. The summed E-state index contributed by atoms with van der Waals surface area (Å²) in [6, 6.07) is 13.5. The third kappa shape index (κ3) is 6.03. The number of nitrogens with two attached hydrogens (primary N) is 1. The molecule has 10 heteroatoms. The number of para-hydroxylation sites is 1.